The zero-order valence-corrected chi connectivity index (χ0v) is 21.8. The Kier molecular flexibility index (Phi) is 9.13. The highest BCUT2D eigenvalue weighted by atomic mass is 35.5. The molecule has 3 rings (SSSR count). The summed E-state index contributed by atoms with van der Waals surface area (Å²) in [4.78, 5) is 29.4. The second-order valence-electron chi connectivity index (χ2n) is 6.70. The summed E-state index contributed by atoms with van der Waals surface area (Å²) in [7, 11) is 4.29. The van der Waals surface area contributed by atoms with E-state index in [1.54, 1.807) is 12.3 Å². The van der Waals surface area contributed by atoms with Crippen molar-refractivity contribution in [2.45, 2.75) is 5.16 Å². The predicted octanol–water partition coefficient (Wildman–Crippen LogP) is 4.70. The molecule has 0 unspecified atom stereocenters. The monoisotopic (exact) mass is 546 g/mol. The number of ether oxygens (including phenoxy) is 4. The average Bonchev–Trinajstić information content (AvgIpc) is 3.35. The van der Waals surface area contributed by atoms with E-state index in [4.69, 9.17) is 30.5 Å². The lowest BCUT2D eigenvalue weighted by Gasteiger charge is -2.13. The van der Waals surface area contributed by atoms with Gasteiger partial charge in [-0.3, -0.25) is 10.1 Å². The molecular weight excluding hydrogens is 528 g/mol. The zero-order chi connectivity index (χ0) is 26.2. The molecule has 1 N–H and O–H groups in total. The summed E-state index contributed by atoms with van der Waals surface area (Å²) in [5.41, 5.74) is 0.361. The maximum absolute atomic E-state index is 12.7. The Hall–Kier alpha value is -3.79. The number of carbonyl (C=O) groups excluding carboxylic acids is 2. The van der Waals surface area contributed by atoms with Crippen LogP contribution >= 0.6 is 34.9 Å². The van der Waals surface area contributed by atoms with Crippen molar-refractivity contribution in [1.82, 2.24) is 9.36 Å². The Balaban J connectivity index is 1.85. The lowest BCUT2D eigenvalue weighted by molar-refractivity contribution is -0.112. The summed E-state index contributed by atoms with van der Waals surface area (Å²) in [6, 6.07) is 9.31. The van der Waals surface area contributed by atoms with Gasteiger partial charge in [-0.2, -0.15) is 14.6 Å². The highest BCUT2D eigenvalue weighted by molar-refractivity contribution is 7.98. The predicted molar refractivity (Wildman–Crippen MR) is 136 cm³/mol. The number of thioether (sulfide) groups is 1. The summed E-state index contributed by atoms with van der Waals surface area (Å²) >= 11 is 8.70. The molecule has 13 heteroatoms. The molecule has 1 heterocycles. The lowest BCUT2D eigenvalue weighted by atomic mass is 10.1. The number of amides is 1. The van der Waals surface area contributed by atoms with Crippen molar-refractivity contribution in [3.63, 3.8) is 0 Å². The van der Waals surface area contributed by atoms with Gasteiger partial charge in [-0.05, 0) is 48.2 Å². The fourth-order valence-corrected chi connectivity index (χ4v) is 4.24. The Labute approximate surface area is 220 Å². The number of nitrogens with one attached hydrogen (secondary N) is 1. The normalized spacial score (nSPS) is 10.8. The Morgan fingerprint density at radius 1 is 1.11 bits per heavy atom. The van der Waals surface area contributed by atoms with Gasteiger partial charge in [0.2, 0.25) is 10.3 Å². The van der Waals surface area contributed by atoms with Crippen LogP contribution in [0.15, 0.2) is 41.1 Å². The van der Waals surface area contributed by atoms with Crippen molar-refractivity contribution in [3.05, 3.63) is 52.1 Å². The fraction of sp³-hybridized carbons (Fsp3) is 0.174. The van der Waals surface area contributed by atoms with E-state index < -0.39 is 11.9 Å². The second kappa shape index (κ2) is 12.3. The van der Waals surface area contributed by atoms with Crippen molar-refractivity contribution in [2.24, 2.45) is 0 Å². The SMILES string of the molecule is COc1ccc(C(=O)Oc2c(Cl)cc(/C=C(/C#N)C(=O)Nc3nc(SC)ns3)cc2OC)cc1OC. The van der Waals surface area contributed by atoms with Crippen LogP contribution in [-0.4, -0.2) is 48.8 Å². The molecule has 0 saturated carbocycles. The summed E-state index contributed by atoms with van der Waals surface area (Å²) in [6.45, 7) is 0. The Morgan fingerprint density at radius 2 is 1.83 bits per heavy atom. The van der Waals surface area contributed by atoms with Crippen LogP contribution < -0.4 is 24.3 Å². The van der Waals surface area contributed by atoms with E-state index in [0.717, 1.165) is 11.5 Å². The van der Waals surface area contributed by atoms with Gasteiger partial charge in [0, 0.05) is 11.5 Å². The summed E-state index contributed by atoms with van der Waals surface area (Å²) in [6.07, 6.45) is 3.13. The fourth-order valence-electron chi connectivity index (χ4n) is 2.86. The largest absolute Gasteiger partial charge is 0.493 e. The maximum atomic E-state index is 12.7. The quantitative estimate of drug-likeness (QED) is 0.132. The van der Waals surface area contributed by atoms with Gasteiger partial charge >= 0.3 is 5.97 Å². The van der Waals surface area contributed by atoms with Gasteiger partial charge in [-0.25, -0.2) is 4.79 Å². The summed E-state index contributed by atoms with van der Waals surface area (Å²) < 4.78 is 25.3. The van der Waals surface area contributed by atoms with Gasteiger partial charge in [0.25, 0.3) is 5.91 Å². The Morgan fingerprint density at radius 3 is 2.44 bits per heavy atom. The van der Waals surface area contributed by atoms with E-state index in [9.17, 15) is 14.9 Å². The molecule has 36 heavy (non-hydrogen) atoms. The topological polar surface area (TPSA) is 133 Å². The number of benzene rings is 2. The number of esters is 1. The molecule has 1 amide bonds. The molecule has 0 spiro atoms. The number of nitriles is 1. The molecule has 0 aliphatic carbocycles. The highest BCUT2D eigenvalue weighted by Crippen LogP contribution is 2.38. The van der Waals surface area contributed by atoms with E-state index in [2.05, 4.69) is 14.7 Å². The minimum absolute atomic E-state index is 0.0286. The van der Waals surface area contributed by atoms with Crippen LogP contribution in [0.2, 0.25) is 5.02 Å². The average molecular weight is 547 g/mol. The van der Waals surface area contributed by atoms with Gasteiger partial charge in [-0.15, -0.1) is 0 Å². The minimum Gasteiger partial charge on any atom is -0.493 e. The van der Waals surface area contributed by atoms with Crippen molar-refractivity contribution in [1.29, 1.82) is 5.26 Å². The van der Waals surface area contributed by atoms with Crippen LogP contribution in [0.3, 0.4) is 0 Å². The molecule has 1 aromatic heterocycles. The van der Waals surface area contributed by atoms with Crippen LogP contribution in [-0.2, 0) is 4.79 Å². The van der Waals surface area contributed by atoms with Gasteiger partial charge in [0.15, 0.2) is 23.0 Å². The third kappa shape index (κ3) is 6.25. The number of anilines is 1. The van der Waals surface area contributed by atoms with Crippen molar-refractivity contribution >= 4 is 58.0 Å². The minimum atomic E-state index is -0.710. The zero-order valence-electron chi connectivity index (χ0n) is 19.4. The molecule has 0 radical (unpaired) electrons. The first kappa shape index (κ1) is 26.8. The Bertz CT molecular complexity index is 1370. The third-order valence-corrected chi connectivity index (χ3v) is 6.13. The van der Waals surface area contributed by atoms with Crippen LogP contribution in [0.4, 0.5) is 5.13 Å². The molecular formula is C23H19ClN4O6S2. The number of halogens is 1. The van der Waals surface area contributed by atoms with Gasteiger partial charge in [-0.1, -0.05) is 23.4 Å². The first-order valence-electron chi connectivity index (χ1n) is 9.96. The van der Waals surface area contributed by atoms with Crippen molar-refractivity contribution in [3.8, 4) is 29.1 Å². The number of rotatable bonds is 9. The van der Waals surface area contributed by atoms with E-state index in [1.165, 1.54) is 63.4 Å². The van der Waals surface area contributed by atoms with Crippen LogP contribution in [0.1, 0.15) is 15.9 Å². The molecule has 2 aromatic carbocycles. The summed E-state index contributed by atoms with van der Waals surface area (Å²) in [5.74, 6) is -0.481. The van der Waals surface area contributed by atoms with Gasteiger partial charge < -0.3 is 18.9 Å². The van der Waals surface area contributed by atoms with E-state index in [0.29, 0.717) is 22.2 Å². The van der Waals surface area contributed by atoms with Crippen LogP contribution in [0.25, 0.3) is 6.08 Å². The molecule has 0 saturated heterocycles. The molecule has 0 bridgehead atoms. The number of nitrogens with zero attached hydrogens (tertiary/aromatic N) is 3. The van der Waals surface area contributed by atoms with E-state index in [-0.39, 0.29) is 32.8 Å². The number of aromatic nitrogens is 2. The van der Waals surface area contributed by atoms with Crippen LogP contribution in [0, 0.1) is 11.3 Å². The maximum Gasteiger partial charge on any atom is 0.343 e. The lowest BCUT2D eigenvalue weighted by Crippen LogP contribution is -2.13. The number of methoxy groups -OCH3 is 3. The van der Waals surface area contributed by atoms with Crippen molar-refractivity contribution in [2.75, 3.05) is 32.9 Å². The molecule has 0 aliphatic rings. The van der Waals surface area contributed by atoms with E-state index >= 15 is 0 Å². The molecule has 3 aromatic rings. The second-order valence-corrected chi connectivity index (χ2v) is 8.64. The summed E-state index contributed by atoms with van der Waals surface area (Å²) in [5, 5.41) is 12.8. The van der Waals surface area contributed by atoms with Crippen LogP contribution in [0.5, 0.6) is 23.0 Å². The molecule has 0 atom stereocenters. The van der Waals surface area contributed by atoms with E-state index in [1.807, 2.05) is 6.07 Å². The highest BCUT2D eigenvalue weighted by Gasteiger charge is 2.20. The van der Waals surface area contributed by atoms with Gasteiger partial charge in [0.1, 0.15) is 11.6 Å². The van der Waals surface area contributed by atoms with Crippen molar-refractivity contribution < 1.29 is 28.5 Å². The smallest absolute Gasteiger partial charge is 0.343 e. The number of carbonyl (C=O) groups is 2. The third-order valence-electron chi connectivity index (χ3n) is 4.55. The number of hydrogen-bond acceptors (Lipinski definition) is 11. The molecule has 10 nitrogen and oxygen atoms in total. The first-order valence-corrected chi connectivity index (χ1v) is 12.3. The molecule has 186 valence electrons. The number of hydrogen-bond donors (Lipinski definition) is 1. The molecule has 0 aliphatic heterocycles. The first-order chi connectivity index (χ1) is 17.3. The van der Waals surface area contributed by atoms with Gasteiger partial charge in [0.05, 0.1) is 31.9 Å². The standard InChI is InChI=1S/C23H19ClN4O6S2/c1-31-16-6-5-13(10-17(16)32-2)21(30)34-19-15(24)8-12(9-18(19)33-3)7-14(11-25)20(29)26-22-27-23(35-4)28-36-22/h5-10H,1-4H3,(H,26,27,28,29)/b14-7-. The molecule has 0 fully saturated rings.